The summed E-state index contributed by atoms with van der Waals surface area (Å²) in [4.78, 5) is 12.6. The number of ether oxygens (including phenoxy) is 1. The molecule has 5 atom stereocenters. The lowest BCUT2D eigenvalue weighted by atomic mass is 9.89. The normalized spacial score (nSPS) is 21.1. The summed E-state index contributed by atoms with van der Waals surface area (Å²) in [5.41, 5.74) is 0. The molecule has 0 aliphatic heterocycles. The van der Waals surface area contributed by atoms with Crippen LogP contribution in [0.5, 0.6) is 0 Å². The Balaban J connectivity index is 1.51. The summed E-state index contributed by atoms with van der Waals surface area (Å²) in [5, 5.41) is 25.6. The zero-order valence-corrected chi connectivity index (χ0v) is 29.7. The van der Waals surface area contributed by atoms with E-state index >= 15 is 0 Å². The van der Waals surface area contributed by atoms with Gasteiger partial charge in [-0.2, -0.15) is 0 Å². The van der Waals surface area contributed by atoms with Crippen LogP contribution in [-0.4, -0.2) is 43.8 Å². The molecule has 7 heteroatoms. The van der Waals surface area contributed by atoms with Gasteiger partial charge in [-0.05, 0) is 58.1 Å². The Kier molecular flexibility index (Phi) is 11.7. The molecular formula is C40H48O5SSi. The lowest BCUT2D eigenvalue weighted by molar-refractivity contribution is -0.140. The SMILES string of the molecule is COC(=O)CCCC=CC[C@@H]1[C@@H](C=CC(O[Si](c2ccccc2)(c2ccccc2)C(C)(C)C)c2cc3ccccc3s2)[C@H](O)C[C@@H]1O. The predicted molar refractivity (Wildman–Crippen MR) is 196 cm³/mol. The smallest absolute Gasteiger partial charge is 0.305 e. The van der Waals surface area contributed by atoms with Crippen molar-refractivity contribution in [3.05, 3.63) is 120 Å². The fourth-order valence-electron chi connectivity index (χ4n) is 6.99. The summed E-state index contributed by atoms with van der Waals surface area (Å²) in [6.07, 6.45) is 9.65. The Bertz CT molecular complexity index is 1570. The number of aliphatic hydroxyl groups excluding tert-OH is 2. The van der Waals surface area contributed by atoms with Crippen LogP contribution in [0.25, 0.3) is 10.1 Å². The molecule has 1 aliphatic carbocycles. The molecule has 5 rings (SSSR count). The van der Waals surface area contributed by atoms with E-state index in [2.05, 4.69) is 136 Å². The van der Waals surface area contributed by atoms with Gasteiger partial charge in [0.05, 0.1) is 25.4 Å². The third-order valence-electron chi connectivity index (χ3n) is 9.42. The Morgan fingerprint density at radius 2 is 1.57 bits per heavy atom. The van der Waals surface area contributed by atoms with E-state index in [1.54, 1.807) is 11.3 Å². The number of allylic oxidation sites excluding steroid dienone is 2. The second-order valence-corrected chi connectivity index (χ2v) is 18.9. The van der Waals surface area contributed by atoms with Gasteiger partial charge in [-0.3, -0.25) is 4.79 Å². The summed E-state index contributed by atoms with van der Waals surface area (Å²) >= 11 is 1.75. The van der Waals surface area contributed by atoms with E-state index in [1.807, 2.05) is 0 Å². The van der Waals surface area contributed by atoms with Gasteiger partial charge in [0.15, 0.2) is 0 Å². The van der Waals surface area contributed by atoms with Crippen molar-refractivity contribution in [2.75, 3.05) is 7.11 Å². The second kappa shape index (κ2) is 15.7. The van der Waals surface area contributed by atoms with Gasteiger partial charge in [0.25, 0.3) is 8.32 Å². The molecule has 1 fully saturated rings. The molecule has 0 radical (unpaired) electrons. The number of carbonyl (C=O) groups excluding carboxylic acids is 1. The Hall–Kier alpha value is -3.33. The molecule has 1 aromatic heterocycles. The fourth-order valence-corrected chi connectivity index (χ4v) is 12.8. The summed E-state index contributed by atoms with van der Waals surface area (Å²) < 4.78 is 13.6. The summed E-state index contributed by atoms with van der Waals surface area (Å²) in [6.45, 7) is 6.86. The molecule has 1 heterocycles. The van der Waals surface area contributed by atoms with Crippen LogP contribution >= 0.6 is 11.3 Å². The zero-order valence-electron chi connectivity index (χ0n) is 27.9. The van der Waals surface area contributed by atoms with Gasteiger partial charge in [-0.25, -0.2) is 0 Å². The molecule has 4 aromatic rings. The molecule has 47 heavy (non-hydrogen) atoms. The number of hydrogen-bond donors (Lipinski definition) is 2. The number of methoxy groups -OCH3 is 1. The predicted octanol–water partition coefficient (Wildman–Crippen LogP) is 7.72. The number of fused-ring (bicyclic) bond motifs is 1. The van der Waals surface area contributed by atoms with Crippen LogP contribution in [0, 0.1) is 11.8 Å². The molecule has 3 aromatic carbocycles. The van der Waals surface area contributed by atoms with E-state index in [-0.39, 0.29) is 28.9 Å². The third-order valence-corrected chi connectivity index (χ3v) is 15.6. The molecule has 0 amide bonds. The van der Waals surface area contributed by atoms with Gasteiger partial charge in [-0.15, -0.1) is 11.3 Å². The van der Waals surface area contributed by atoms with Crippen LogP contribution in [0.4, 0.5) is 0 Å². The monoisotopic (exact) mass is 668 g/mol. The van der Waals surface area contributed by atoms with Crippen molar-refractivity contribution in [1.82, 2.24) is 0 Å². The van der Waals surface area contributed by atoms with Crippen molar-refractivity contribution in [3.8, 4) is 0 Å². The number of rotatable bonds is 13. The standard InChI is InChI=1S/C40H48O5SSi/c1-40(2,3)47(30-18-9-7-10-19-30,31-20-11-8-12-21-31)45-36(38-27-29-17-15-16-23-37(29)46-38)26-25-33-32(34(41)28-35(33)42)22-13-5-6-14-24-39(43)44-4/h5,7-13,15-21,23,25-27,32-36,41-42H,6,14,22,24,28H2,1-4H3/t32-,33-,34+,35-,36?/m1/s1. The minimum Gasteiger partial charge on any atom is -0.469 e. The fraction of sp³-hybridized carbons (Fsp3) is 0.375. The van der Waals surface area contributed by atoms with Gasteiger partial charge in [0.1, 0.15) is 0 Å². The molecule has 1 aliphatic rings. The van der Waals surface area contributed by atoms with Crippen molar-refractivity contribution in [2.24, 2.45) is 11.8 Å². The first-order valence-corrected chi connectivity index (χ1v) is 19.4. The summed E-state index contributed by atoms with van der Waals surface area (Å²) in [5.74, 6) is -0.537. The topological polar surface area (TPSA) is 76.0 Å². The highest BCUT2D eigenvalue weighted by molar-refractivity contribution is 7.19. The van der Waals surface area contributed by atoms with E-state index in [9.17, 15) is 15.0 Å². The van der Waals surface area contributed by atoms with Crippen molar-refractivity contribution < 1.29 is 24.2 Å². The van der Waals surface area contributed by atoms with Crippen LogP contribution in [0.2, 0.25) is 5.04 Å². The second-order valence-electron chi connectivity index (χ2n) is 13.6. The minimum absolute atomic E-state index is 0.117. The Morgan fingerprint density at radius 3 is 2.19 bits per heavy atom. The number of thiophene rings is 1. The van der Waals surface area contributed by atoms with E-state index in [0.29, 0.717) is 19.3 Å². The first-order chi connectivity index (χ1) is 22.6. The highest BCUT2D eigenvalue weighted by Gasteiger charge is 2.51. The van der Waals surface area contributed by atoms with E-state index in [4.69, 9.17) is 9.16 Å². The van der Waals surface area contributed by atoms with Gasteiger partial charge >= 0.3 is 5.97 Å². The first kappa shape index (κ1) is 35.0. The van der Waals surface area contributed by atoms with Crippen LogP contribution in [0.3, 0.4) is 0 Å². The minimum atomic E-state index is -2.91. The van der Waals surface area contributed by atoms with Crippen molar-refractivity contribution >= 4 is 46.1 Å². The van der Waals surface area contributed by atoms with E-state index in [1.165, 1.54) is 27.6 Å². The highest BCUT2D eigenvalue weighted by atomic mass is 32.1. The lowest BCUT2D eigenvalue weighted by Gasteiger charge is -2.44. The number of carbonyl (C=O) groups is 1. The molecule has 0 spiro atoms. The largest absolute Gasteiger partial charge is 0.469 e. The quantitative estimate of drug-likeness (QED) is 0.0661. The number of hydrogen-bond acceptors (Lipinski definition) is 6. The average molecular weight is 669 g/mol. The highest BCUT2D eigenvalue weighted by Crippen LogP contribution is 2.43. The summed E-state index contributed by atoms with van der Waals surface area (Å²) in [7, 11) is -1.51. The van der Waals surface area contributed by atoms with Gasteiger partial charge in [0.2, 0.25) is 0 Å². The number of benzene rings is 3. The number of unbranched alkanes of at least 4 members (excludes halogenated alkanes) is 1. The van der Waals surface area contributed by atoms with Crippen LogP contribution in [-0.2, 0) is 14.0 Å². The maximum Gasteiger partial charge on any atom is 0.305 e. The van der Waals surface area contributed by atoms with Crippen molar-refractivity contribution in [1.29, 1.82) is 0 Å². The van der Waals surface area contributed by atoms with E-state index < -0.39 is 20.5 Å². The number of aliphatic hydroxyl groups is 2. The third kappa shape index (κ3) is 8.04. The van der Waals surface area contributed by atoms with Crippen molar-refractivity contribution in [2.45, 2.75) is 76.2 Å². The molecule has 248 valence electrons. The van der Waals surface area contributed by atoms with Gasteiger partial charge < -0.3 is 19.4 Å². The van der Waals surface area contributed by atoms with Crippen LogP contribution in [0.1, 0.15) is 63.9 Å². The van der Waals surface area contributed by atoms with Crippen LogP contribution in [0.15, 0.2) is 115 Å². The van der Waals surface area contributed by atoms with Gasteiger partial charge in [0, 0.05) is 28.3 Å². The molecule has 0 bridgehead atoms. The maximum atomic E-state index is 11.4. The lowest BCUT2D eigenvalue weighted by Crippen LogP contribution is -2.66. The average Bonchev–Trinajstić information content (AvgIpc) is 3.62. The molecule has 2 N–H and O–H groups in total. The van der Waals surface area contributed by atoms with E-state index in [0.717, 1.165) is 17.7 Å². The van der Waals surface area contributed by atoms with Crippen molar-refractivity contribution in [3.63, 3.8) is 0 Å². The first-order valence-electron chi connectivity index (χ1n) is 16.7. The summed E-state index contributed by atoms with van der Waals surface area (Å²) in [6, 6.07) is 32.0. The molecule has 1 unspecified atom stereocenters. The molecular weight excluding hydrogens is 621 g/mol. The van der Waals surface area contributed by atoms with Crippen LogP contribution < -0.4 is 10.4 Å². The molecule has 0 saturated heterocycles. The van der Waals surface area contributed by atoms with Gasteiger partial charge in [-0.1, -0.05) is 124 Å². The Labute approximate surface area is 284 Å². The molecule has 1 saturated carbocycles. The zero-order chi connectivity index (χ0) is 33.4. The maximum absolute atomic E-state index is 11.4. The number of esters is 1. The molecule has 5 nitrogen and oxygen atoms in total. The Morgan fingerprint density at radius 1 is 0.936 bits per heavy atom.